The van der Waals surface area contributed by atoms with Gasteiger partial charge in [-0.2, -0.15) is 4.31 Å². The van der Waals surface area contributed by atoms with Crippen molar-refractivity contribution in [2.45, 2.75) is 37.1 Å². The minimum Gasteiger partial charge on any atom is -0.207 e. The van der Waals surface area contributed by atoms with E-state index in [9.17, 15) is 8.42 Å². The van der Waals surface area contributed by atoms with Gasteiger partial charge in [0.1, 0.15) is 4.90 Å². The highest BCUT2D eigenvalue weighted by Gasteiger charge is 2.35. The largest absolute Gasteiger partial charge is 0.244 e. The van der Waals surface area contributed by atoms with Crippen LogP contribution in [-0.2, 0) is 10.0 Å². The van der Waals surface area contributed by atoms with Gasteiger partial charge in [-0.1, -0.05) is 34.5 Å². The molecule has 1 atom stereocenters. The number of benzene rings is 1. The van der Waals surface area contributed by atoms with Crippen LogP contribution >= 0.6 is 27.5 Å². The summed E-state index contributed by atoms with van der Waals surface area (Å²) in [6.07, 6.45) is 2.70. The van der Waals surface area contributed by atoms with Crippen LogP contribution in [0, 0.1) is 0 Å². The molecule has 3 nitrogen and oxygen atoms in total. The van der Waals surface area contributed by atoms with Crippen molar-refractivity contribution in [1.82, 2.24) is 4.31 Å². The minimum atomic E-state index is -3.47. The number of hydrogen-bond donors (Lipinski definition) is 0. The fraction of sp³-hybridized carbons (Fsp3) is 0.500. The van der Waals surface area contributed by atoms with Crippen molar-refractivity contribution in [3.05, 3.63) is 27.7 Å². The first-order chi connectivity index (χ1) is 8.46. The molecule has 1 aromatic carbocycles. The Kier molecular flexibility index (Phi) is 4.36. The van der Waals surface area contributed by atoms with Crippen LogP contribution < -0.4 is 0 Å². The van der Waals surface area contributed by atoms with Gasteiger partial charge in [-0.25, -0.2) is 8.42 Å². The van der Waals surface area contributed by atoms with Gasteiger partial charge < -0.3 is 0 Å². The standard InChI is InChI=1S/C12H15BrClNO2S/c1-2-10-4-3-7-15(10)18(16,17)12-6-5-9(13)8-11(12)14/h5-6,8,10H,2-4,7H2,1H3. The summed E-state index contributed by atoms with van der Waals surface area (Å²) in [4.78, 5) is 0.202. The average Bonchev–Trinajstić information content (AvgIpc) is 2.76. The third-order valence-corrected chi connectivity index (χ3v) is 6.20. The maximum Gasteiger partial charge on any atom is 0.244 e. The monoisotopic (exact) mass is 351 g/mol. The molecule has 0 amide bonds. The molecule has 0 bridgehead atoms. The highest BCUT2D eigenvalue weighted by atomic mass is 79.9. The third-order valence-electron chi connectivity index (χ3n) is 3.27. The first kappa shape index (κ1) is 14.3. The first-order valence-electron chi connectivity index (χ1n) is 5.93. The van der Waals surface area contributed by atoms with E-state index in [2.05, 4.69) is 15.9 Å². The van der Waals surface area contributed by atoms with Crippen LogP contribution in [0.5, 0.6) is 0 Å². The summed E-state index contributed by atoms with van der Waals surface area (Å²) >= 11 is 9.33. The van der Waals surface area contributed by atoms with E-state index in [1.807, 2.05) is 6.92 Å². The van der Waals surface area contributed by atoms with E-state index in [1.54, 1.807) is 22.5 Å². The van der Waals surface area contributed by atoms with Gasteiger partial charge in [0, 0.05) is 17.1 Å². The second kappa shape index (κ2) is 5.49. The molecule has 1 unspecified atom stereocenters. The zero-order valence-corrected chi connectivity index (χ0v) is 13.2. The second-order valence-corrected chi connectivity index (χ2v) is 7.58. The lowest BCUT2D eigenvalue weighted by Gasteiger charge is -2.23. The van der Waals surface area contributed by atoms with E-state index >= 15 is 0 Å². The van der Waals surface area contributed by atoms with Crippen LogP contribution in [0.4, 0.5) is 0 Å². The predicted octanol–water partition coefficient (Wildman–Crippen LogP) is 3.67. The van der Waals surface area contributed by atoms with Crippen molar-refractivity contribution in [1.29, 1.82) is 0 Å². The normalized spacial score (nSPS) is 21.4. The lowest BCUT2D eigenvalue weighted by atomic mass is 10.2. The maximum absolute atomic E-state index is 12.6. The Balaban J connectivity index is 2.42. The average molecular weight is 353 g/mol. The van der Waals surface area contributed by atoms with E-state index in [1.165, 1.54) is 0 Å². The molecule has 0 spiro atoms. The van der Waals surface area contributed by atoms with Gasteiger partial charge in [0.25, 0.3) is 0 Å². The predicted molar refractivity (Wildman–Crippen MR) is 76.4 cm³/mol. The highest BCUT2D eigenvalue weighted by molar-refractivity contribution is 9.10. The molecule has 0 aromatic heterocycles. The van der Waals surface area contributed by atoms with Crippen molar-refractivity contribution < 1.29 is 8.42 Å². The smallest absolute Gasteiger partial charge is 0.207 e. The summed E-state index contributed by atoms with van der Waals surface area (Å²) in [6, 6.07) is 4.99. The lowest BCUT2D eigenvalue weighted by Crippen LogP contribution is -2.35. The molecule has 0 N–H and O–H groups in total. The number of sulfonamides is 1. The fourth-order valence-corrected chi connectivity index (χ4v) is 5.12. The van der Waals surface area contributed by atoms with E-state index in [4.69, 9.17) is 11.6 Å². The molecule has 0 saturated carbocycles. The van der Waals surface area contributed by atoms with E-state index in [0.29, 0.717) is 6.54 Å². The summed E-state index contributed by atoms with van der Waals surface area (Å²) in [5.41, 5.74) is 0. The second-order valence-electron chi connectivity index (χ2n) is 4.39. The van der Waals surface area contributed by atoms with Crippen LogP contribution in [0.1, 0.15) is 26.2 Å². The van der Waals surface area contributed by atoms with Crippen LogP contribution in [0.2, 0.25) is 5.02 Å². The Morgan fingerprint density at radius 1 is 1.50 bits per heavy atom. The molecule has 1 aliphatic heterocycles. The number of rotatable bonds is 3. The molecule has 1 saturated heterocycles. The fourth-order valence-electron chi connectivity index (χ4n) is 2.34. The van der Waals surface area contributed by atoms with Crippen LogP contribution in [-0.4, -0.2) is 25.3 Å². The zero-order valence-electron chi connectivity index (χ0n) is 10.1. The Hall–Kier alpha value is -0.100. The maximum atomic E-state index is 12.6. The molecular formula is C12H15BrClNO2S. The number of nitrogens with zero attached hydrogens (tertiary/aromatic N) is 1. The topological polar surface area (TPSA) is 37.4 Å². The molecule has 6 heteroatoms. The van der Waals surface area contributed by atoms with Crippen molar-refractivity contribution in [3.8, 4) is 0 Å². The minimum absolute atomic E-state index is 0.106. The molecule has 100 valence electrons. The molecule has 1 heterocycles. The first-order valence-corrected chi connectivity index (χ1v) is 8.55. The number of hydrogen-bond acceptors (Lipinski definition) is 2. The SMILES string of the molecule is CCC1CCCN1S(=O)(=O)c1ccc(Br)cc1Cl. The van der Waals surface area contributed by atoms with Gasteiger partial charge in [0.2, 0.25) is 10.0 Å². The van der Waals surface area contributed by atoms with Crippen molar-refractivity contribution in [3.63, 3.8) is 0 Å². The van der Waals surface area contributed by atoms with E-state index in [0.717, 1.165) is 23.7 Å². The Morgan fingerprint density at radius 3 is 2.83 bits per heavy atom. The Morgan fingerprint density at radius 2 is 2.22 bits per heavy atom. The Bertz CT molecular complexity index is 547. The third kappa shape index (κ3) is 2.59. The van der Waals surface area contributed by atoms with Gasteiger partial charge in [0.15, 0.2) is 0 Å². The molecule has 1 fully saturated rings. The summed E-state index contributed by atoms with van der Waals surface area (Å²) in [5, 5.41) is 0.270. The molecule has 1 aromatic rings. The van der Waals surface area contributed by atoms with E-state index in [-0.39, 0.29) is 16.0 Å². The van der Waals surface area contributed by atoms with Crippen LogP contribution in [0.15, 0.2) is 27.6 Å². The van der Waals surface area contributed by atoms with Crippen molar-refractivity contribution in [2.75, 3.05) is 6.54 Å². The number of halogens is 2. The quantitative estimate of drug-likeness (QED) is 0.832. The van der Waals surface area contributed by atoms with E-state index < -0.39 is 10.0 Å². The molecular weight excluding hydrogens is 338 g/mol. The Labute approximate surface area is 121 Å². The van der Waals surface area contributed by atoms with Gasteiger partial charge in [-0.15, -0.1) is 0 Å². The lowest BCUT2D eigenvalue weighted by molar-refractivity contribution is 0.379. The van der Waals surface area contributed by atoms with Gasteiger partial charge in [-0.05, 0) is 37.5 Å². The summed E-state index contributed by atoms with van der Waals surface area (Å²) in [5.74, 6) is 0. The van der Waals surface area contributed by atoms with Gasteiger partial charge in [0.05, 0.1) is 5.02 Å². The molecule has 2 rings (SSSR count). The van der Waals surface area contributed by atoms with Crippen molar-refractivity contribution >= 4 is 37.6 Å². The molecule has 0 radical (unpaired) electrons. The summed E-state index contributed by atoms with van der Waals surface area (Å²) in [7, 11) is -3.47. The molecule has 0 aliphatic carbocycles. The van der Waals surface area contributed by atoms with Crippen LogP contribution in [0.3, 0.4) is 0 Å². The summed E-state index contributed by atoms with van der Waals surface area (Å²) in [6.45, 7) is 2.61. The molecule has 1 aliphatic rings. The summed E-state index contributed by atoms with van der Waals surface area (Å²) < 4.78 is 27.5. The van der Waals surface area contributed by atoms with Gasteiger partial charge in [-0.3, -0.25) is 0 Å². The van der Waals surface area contributed by atoms with Crippen molar-refractivity contribution in [2.24, 2.45) is 0 Å². The van der Waals surface area contributed by atoms with Crippen LogP contribution in [0.25, 0.3) is 0 Å². The molecule has 18 heavy (non-hydrogen) atoms. The highest BCUT2D eigenvalue weighted by Crippen LogP contribution is 2.32. The zero-order chi connectivity index (χ0) is 13.3. The van der Waals surface area contributed by atoms with Gasteiger partial charge >= 0.3 is 0 Å².